The smallest absolute Gasteiger partial charge is 0.903 e. The first-order chi connectivity index (χ1) is 6.50. The Hall–Kier alpha value is -0.315. The fourth-order valence-corrected chi connectivity index (χ4v) is 0.779. The Labute approximate surface area is 121 Å². The molecule has 1 rings (SSSR count). The van der Waals surface area contributed by atoms with Crippen molar-refractivity contribution >= 4 is 5.90 Å². The first-order valence-electron chi connectivity index (χ1n) is 4.49. The number of nitrogens with zero attached hydrogens (tertiary/aromatic N) is 2. The first-order valence-corrected chi connectivity index (χ1v) is 4.49. The zero-order valence-electron chi connectivity index (χ0n) is 10.7. The first kappa shape index (κ1) is 18.1. The van der Waals surface area contributed by atoms with Crippen LogP contribution >= 0.6 is 0 Å². The van der Waals surface area contributed by atoms with Crippen molar-refractivity contribution in [3.8, 4) is 0 Å². The van der Waals surface area contributed by atoms with Gasteiger partial charge in [-0.2, -0.15) is 0 Å². The molecule has 0 aromatic carbocycles. The molecule has 1 aromatic heterocycles. The van der Waals surface area contributed by atoms with Gasteiger partial charge in [0.1, 0.15) is 0 Å². The predicted molar refractivity (Wildman–Crippen MR) is 54.5 cm³/mol. The number of hydrogen-bond donors (Lipinski definition) is 0. The van der Waals surface area contributed by atoms with Gasteiger partial charge in [0.15, 0.2) is 0 Å². The number of pyridine rings is 1. The fourth-order valence-electron chi connectivity index (χ4n) is 0.779. The molecule has 0 saturated carbocycles. The van der Waals surface area contributed by atoms with Crippen molar-refractivity contribution in [3.05, 3.63) is 36.6 Å². The average Bonchev–Trinajstić information content (AvgIpc) is 2.14. The molecule has 0 unspecified atom stereocenters. The van der Waals surface area contributed by atoms with Gasteiger partial charge in [0.05, 0.1) is 0 Å². The van der Waals surface area contributed by atoms with Gasteiger partial charge in [-0.3, -0.25) is 0 Å². The zero-order valence-corrected chi connectivity index (χ0v) is 10.7. The van der Waals surface area contributed by atoms with Gasteiger partial charge in [-0.15, -0.1) is 17.5 Å². The van der Waals surface area contributed by atoms with Crippen LogP contribution in [0.2, 0.25) is 0 Å². The van der Waals surface area contributed by atoms with Gasteiger partial charge >= 0.3 is 37.7 Å². The van der Waals surface area contributed by atoms with E-state index in [1.54, 1.807) is 18.9 Å². The largest absolute Gasteiger partial charge is 1.00 e. The van der Waals surface area contributed by atoms with Crippen LogP contribution in [0.1, 0.15) is 26.3 Å². The van der Waals surface area contributed by atoms with E-state index in [1.165, 1.54) is 0 Å². The molecule has 5 heteroatoms. The summed E-state index contributed by atoms with van der Waals surface area (Å²) in [6, 6.07) is 3.66. The third kappa shape index (κ3) is 6.31. The topological polar surface area (TPSA) is 48.3 Å². The number of aliphatic imine (C=N–C) groups is 1. The summed E-state index contributed by atoms with van der Waals surface area (Å²) in [5, 5.41) is 11.4. The molecular formula is C11H14Li2N2O. The Bertz CT molecular complexity index is 321. The monoisotopic (exact) mass is 204 g/mol. The average molecular weight is 204 g/mol. The van der Waals surface area contributed by atoms with Crippen molar-refractivity contribution in [3.63, 3.8) is 0 Å². The van der Waals surface area contributed by atoms with Crippen molar-refractivity contribution in [1.82, 2.24) is 4.98 Å². The third-order valence-electron chi connectivity index (χ3n) is 1.66. The Kier molecular flexibility index (Phi) is 8.89. The van der Waals surface area contributed by atoms with E-state index in [-0.39, 0.29) is 43.6 Å². The summed E-state index contributed by atoms with van der Waals surface area (Å²) in [5.74, 6) is -0.124. The molecule has 0 radical (unpaired) electrons. The second-order valence-corrected chi connectivity index (χ2v) is 4.10. The van der Waals surface area contributed by atoms with Crippen molar-refractivity contribution in [2.24, 2.45) is 10.4 Å². The van der Waals surface area contributed by atoms with Gasteiger partial charge in [0.25, 0.3) is 0 Å². The summed E-state index contributed by atoms with van der Waals surface area (Å²) in [5.41, 5.74) is 0.420. The molecule has 0 aliphatic heterocycles. The fraction of sp³-hybridized carbons (Fsp3) is 0.364. The van der Waals surface area contributed by atoms with Crippen molar-refractivity contribution in [1.29, 1.82) is 0 Å². The van der Waals surface area contributed by atoms with Gasteiger partial charge in [0, 0.05) is 6.20 Å². The summed E-state index contributed by atoms with van der Waals surface area (Å²) in [6.45, 7) is 7.07. The molecule has 0 spiro atoms. The van der Waals surface area contributed by atoms with Crippen LogP contribution in [0.5, 0.6) is 0 Å². The van der Waals surface area contributed by atoms with Crippen LogP contribution in [0.15, 0.2) is 29.5 Å². The second kappa shape index (κ2) is 7.88. The maximum atomic E-state index is 11.4. The summed E-state index contributed by atoms with van der Waals surface area (Å²) < 4.78 is 0. The van der Waals surface area contributed by atoms with Crippen LogP contribution in [-0.2, 0) is 0 Å². The normalized spacial score (nSPS) is 11.1. The van der Waals surface area contributed by atoms with Crippen LogP contribution in [0.25, 0.3) is 0 Å². The van der Waals surface area contributed by atoms with E-state index in [2.05, 4.69) is 9.98 Å². The quantitative estimate of drug-likeness (QED) is 0.211. The maximum absolute atomic E-state index is 11.4. The minimum absolute atomic E-state index is 0. The second-order valence-electron chi connectivity index (χ2n) is 4.10. The van der Waals surface area contributed by atoms with Crippen molar-refractivity contribution in [2.75, 3.05) is 0 Å². The van der Waals surface area contributed by atoms with Gasteiger partial charge in [-0.25, -0.2) is 0 Å². The van der Waals surface area contributed by atoms with E-state index in [0.29, 0.717) is 0 Å². The van der Waals surface area contributed by atoms with E-state index in [9.17, 15) is 5.11 Å². The van der Waals surface area contributed by atoms with Crippen LogP contribution < -0.4 is 42.8 Å². The van der Waals surface area contributed by atoms with Gasteiger partial charge in [-0.1, -0.05) is 33.4 Å². The standard InChI is InChI=1S/C11H15N2O.2Li/c1-11(2,3)10(14)13-8-9-5-4-6-12-7-9;;/h4-8H,1-3H3,(H,13,14);;/q-1;2*+1/p-1. The molecule has 3 nitrogen and oxygen atoms in total. The predicted octanol–water partition coefficient (Wildman–Crippen LogP) is -4.60. The van der Waals surface area contributed by atoms with Crippen LogP contribution in [0.3, 0.4) is 0 Å². The molecule has 0 aliphatic rings. The zero-order chi connectivity index (χ0) is 10.6. The molecule has 0 bridgehead atoms. The van der Waals surface area contributed by atoms with Gasteiger partial charge in [0.2, 0.25) is 0 Å². The molecule has 76 valence electrons. The van der Waals surface area contributed by atoms with E-state index < -0.39 is 5.41 Å². The van der Waals surface area contributed by atoms with E-state index in [1.807, 2.05) is 32.9 Å². The van der Waals surface area contributed by atoms with Gasteiger partial charge in [-0.05, 0) is 11.6 Å². The molecule has 0 fully saturated rings. The van der Waals surface area contributed by atoms with Crippen LogP contribution in [0.4, 0.5) is 0 Å². The van der Waals surface area contributed by atoms with E-state index >= 15 is 0 Å². The third-order valence-corrected chi connectivity index (χ3v) is 1.66. The summed E-state index contributed by atoms with van der Waals surface area (Å²) >= 11 is 0. The molecule has 1 aromatic rings. The molecule has 16 heavy (non-hydrogen) atoms. The molecule has 0 aliphatic carbocycles. The number of rotatable bonds is 2. The molecule has 0 saturated heterocycles. The minimum Gasteiger partial charge on any atom is -0.903 e. The van der Waals surface area contributed by atoms with E-state index in [4.69, 9.17) is 0 Å². The summed E-state index contributed by atoms with van der Waals surface area (Å²) in [4.78, 5) is 7.78. The van der Waals surface area contributed by atoms with Gasteiger partial charge < -0.3 is 15.1 Å². The molecule has 1 heterocycles. The Morgan fingerprint density at radius 1 is 1.38 bits per heavy atom. The Morgan fingerprint density at radius 2 is 2.00 bits per heavy atom. The maximum Gasteiger partial charge on any atom is 1.00 e. The van der Waals surface area contributed by atoms with E-state index in [0.717, 1.165) is 5.56 Å². The van der Waals surface area contributed by atoms with Crippen LogP contribution in [-0.4, -0.2) is 10.9 Å². The number of aromatic nitrogens is 1. The molecule has 0 N–H and O–H groups in total. The molecule has 0 atom stereocenters. The Morgan fingerprint density at radius 3 is 2.44 bits per heavy atom. The minimum atomic E-state index is -0.418. The molecular weight excluding hydrogens is 190 g/mol. The molecule has 0 amide bonds. The Balaban J connectivity index is 0. The summed E-state index contributed by atoms with van der Waals surface area (Å²) in [6.07, 6.45) is 3.35. The number of hydrogen-bond acceptors (Lipinski definition) is 3. The van der Waals surface area contributed by atoms with Crippen molar-refractivity contribution < 1.29 is 42.8 Å². The SMILES string of the molecule is CC(C)(C)C([O-])=N[CH-]c1cccnc1.[Li+].[Li+]. The van der Waals surface area contributed by atoms with Crippen molar-refractivity contribution in [2.45, 2.75) is 20.8 Å². The summed E-state index contributed by atoms with van der Waals surface area (Å²) in [7, 11) is 0. The van der Waals surface area contributed by atoms with Crippen LogP contribution in [0, 0.1) is 12.0 Å².